The van der Waals surface area contributed by atoms with Gasteiger partial charge in [-0.3, -0.25) is 0 Å². The monoisotopic (exact) mass is 585 g/mol. The maximum atomic E-state index is 12.8. The van der Waals surface area contributed by atoms with Crippen LogP contribution in [0.25, 0.3) is 0 Å². The van der Waals surface area contributed by atoms with E-state index in [0.717, 1.165) is 31.3 Å². The largest absolute Gasteiger partial charge is 0.456 e. The molecule has 0 aliphatic carbocycles. The number of amides is 1. The van der Waals surface area contributed by atoms with Gasteiger partial charge in [-0.25, -0.2) is 9.59 Å². The van der Waals surface area contributed by atoms with E-state index in [2.05, 4.69) is 19.6 Å². The molecule has 0 saturated carbocycles. The molecule has 0 aromatic rings. The van der Waals surface area contributed by atoms with Crippen molar-refractivity contribution in [2.45, 2.75) is 108 Å². The fraction of sp³-hybridized carbons (Fsp3) is 0.636. The van der Waals surface area contributed by atoms with Crippen molar-refractivity contribution in [3.8, 4) is 0 Å². The zero-order valence-electron chi connectivity index (χ0n) is 25.4. The Balaban J connectivity index is 1.51. The highest BCUT2D eigenvalue weighted by atomic mass is 16.6. The van der Waals surface area contributed by atoms with Crippen molar-refractivity contribution in [2.24, 2.45) is 5.92 Å². The molecule has 0 unspecified atom stereocenters. The number of fused-ring (bicyclic) bond motifs is 3. The van der Waals surface area contributed by atoms with E-state index >= 15 is 0 Å². The summed E-state index contributed by atoms with van der Waals surface area (Å²) in [6.45, 7) is 9.05. The van der Waals surface area contributed by atoms with E-state index in [0.29, 0.717) is 25.4 Å². The van der Waals surface area contributed by atoms with E-state index in [1.54, 1.807) is 26.2 Å². The second-order valence-corrected chi connectivity index (χ2v) is 12.3. The van der Waals surface area contributed by atoms with Gasteiger partial charge in [-0.15, -0.1) is 0 Å². The average molecular weight is 586 g/mol. The SMILES string of the molecule is C=C1C[C@H](C)C[C@@H]2CC=C[C@@H](CC=CC(=O)O[C@H]([C@@H](O)C=C[C@@H]3CC(C)=CCO3)C[C@@H]3O[C@H]3[C@@H](OC(=O)N(C)C)C1)O2. The van der Waals surface area contributed by atoms with Crippen LogP contribution >= 0.6 is 0 Å². The number of cyclic esters (lactones) is 1. The minimum absolute atomic E-state index is 0.0827. The van der Waals surface area contributed by atoms with Gasteiger partial charge in [0.15, 0.2) is 0 Å². The Morgan fingerprint density at radius 2 is 1.98 bits per heavy atom. The second-order valence-electron chi connectivity index (χ2n) is 12.3. The zero-order valence-corrected chi connectivity index (χ0v) is 25.4. The van der Waals surface area contributed by atoms with Crippen molar-refractivity contribution in [1.82, 2.24) is 4.90 Å². The van der Waals surface area contributed by atoms with Crippen molar-refractivity contribution in [1.29, 1.82) is 0 Å². The minimum atomic E-state index is -1.07. The Morgan fingerprint density at radius 1 is 1.17 bits per heavy atom. The van der Waals surface area contributed by atoms with E-state index in [4.69, 9.17) is 23.7 Å². The van der Waals surface area contributed by atoms with Gasteiger partial charge in [0.05, 0.1) is 31.0 Å². The molecule has 1 amide bonds. The highest BCUT2D eigenvalue weighted by Gasteiger charge is 2.49. The average Bonchev–Trinajstić information content (AvgIpc) is 3.69. The third-order valence-corrected chi connectivity index (χ3v) is 8.04. The Morgan fingerprint density at radius 3 is 2.74 bits per heavy atom. The topological polar surface area (TPSA) is 107 Å². The Kier molecular flexibility index (Phi) is 11.6. The van der Waals surface area contributed by atoms with Gasteiger partial charge in [-0.2, -0.15) is 0 Å². The lowest BCUT2D eigenvalue weighted by Crippen LogP contribution is -2.34. The van der Waals surface area contributed by atoms with Crippen LogP contribution in [0.4, 0.5) is 4.79 Å². The molecule has 0 spiro atoms. The highest BCUT2D eigenvalue weighted by Crippen LogP contribution is 2.36. The number of nitrogens with zero attached hydrogens (tertiary/aromatic N) is 1. The van der Waals surface area contributed by atoms with Crippen LogP contribution in [-0.2, 0) is 28.5 Å². The van der Waals surface area contributed by atoms with Crippen molar-refractivity contribution >= 4 is 12.1 Å². The minimum Gasteiger partial charge on any atom is -0.456 e. The van der Waals surface area contributed by atoms with Crippen LogP contribution < -0.4 is 0 Å². The second kappa shape index (κ2) is 15.1. The summed E-state index contributed by atoms with van der Waals surface area (Å²) in [6.07, 6.45) is 13.4. The van der Waals surface area contributed by atoms with Gasteiger partial charge < -0.3 is 33.7 Å². The predicted molar refractivity (Wildman–Crippen MR) is 159 cm³/mol. The number of hydrogen-bond donors (Lipinski definition) is 1. The first-order valence-corrected chi connectivity index (χ1v) is 15.1. The lowest BCUT2D eigenvalue weighted by atomic mass is 9.90. The van der Waals surface area contributed by atoms with Crippen molar-refractivity contribution in [2.75, 3.05) is 20.7 Å². The third-order valence-electron chi connectivity index (χ3n) is 8.04. The molecule has 9 heteroatoms. The van der Waals surface area contributed by atoms with Crippen LogP contribution in [0, 0.1) is 5.92 Å². The number of esters is 1. The maximum Gasteiger partial charge on any atom is 0.409 e. The van der Waals surface area contributed by atoms with Gasteiger partial charge >= 0.3 is 12.1 Å². The number of aliphatic hydroxyl groups is 1. The molecule has 2 bridgehead atoms. The molecular formula is C33H47NO8. The molecule has 4 aliphatic heterocycles. The zero-order chi connectivity index (χ0) is 30.2. The summed E-state index contributed by atoms with van der Waals surface area (Å²) >= 11 is 0. The van der Waals surface area contributed by atoms with E-state index in [1.165, 1.54) is 16.5 Å². The molecule has 9 atom stereocenters. The van der Waals surface area contributed by atoms with Crippen LogP contribution in [0.1, 0.15) is 58.8 Å². The Bertz CT molecular complexity index is 1080. The molecule has 1 fully saturated rings. The van der Waals surface area contributed by atoms with Crippen LogP contribution in [0.5, 0.6) is 0 Å². The van der Waals surface area contributed by atoms with Gasteiger partial charge in [0, 0.05) is 33.0 Å². The number of hydrogen-bond acceptors (Lipinski definition) is 8. The lowest BCUT2D eigenvalue weighted by molar-refractivity contribution is -0.148. The molecule has 4 rings (SSSR count). The van der Waals surface area contributed by atoms with Crippen molar-refractivity contribution in [3.63, 3.8) is 0 Å². The molecule has 0 aromatic heterocycles. The molecule has 0 radical (unpaired) electrons. The fourth-order valence-corrected chi connectivity index (χ4v) is 5.77. The van der Waals surface area contributed by atoms with E-state index < -0.39 is 36.5 Å². The van der Waals surface area contributed by atoms with Crippen LogP contribution in [-0.4, -0.2) is 91.6 Å². The van der Waals surface area contributed by atoms with Crippen LogP contribution in [0.3, 0.4) is 0 Å². The summed E-state index contributed by atoms with van der Waals surface area (Å²) in [5, 5.41) is 11.1. The van der Waals surface area contributed by atoms with Gasteiger partial charge in [-0.05, 0) is 44.9 Å². The maximum absolute atomic E-state index is 12.8. The summed E-state index contributed by atoms with van der Waals surface area (Å²) in [6, 6.07) is 0. The first kappa shape index (κ1) is 32.2. The van der Waals surface area contributed by atoms with Crippen molar-refractivity contribution in [3.05, 3.63) is 60.3 Å². The van der Waals surface area contributed by atoms with Crippen molar-refractivity contribution < 1.29 is 38.4 Å². The number of epoxide rings is 1. The van der Waals surface area contributed by atoms with Crippen LogP contribution in [0.2, 0.25) is 0 Å². The van der Waals surface area contributed by atoms with Crippen LogP contribution in [0.15, 0.2) is 60.3 Å². The lowest BCUT2D eigenvalue weighted by Gasteiger charge is -2.28. The Hall–Kier alpha value is -2.72. The van der Waals surface area contributed by atoms with Gasteiger partial charge in [0.2, 0.25) is 0 Å². The molecule has 9 nitrogen and oxygen atoms in total. The number of carbonyl (C=O) groups excluding carboxylic acids is 2. The third kappa shape index (κ3) is 9.93. The predicted octanol–water partition coefficient (Wildman–Crippen LogP) is 4.81. The van der Waals surface area contributed by atoms with Gasteiger partial charge in [0.1, 0.15) is 24.4 Å². The normalized spacial score (nSPS) is 35.3. The van der Waals surface area contributed by atoms with E-state index in [1.807, 2.05) is 25.2 Å². The number of rotatable bonds is 4. The number of aliphatic hydroxyl groups excluding tert-OH is 1. The highest BCUT2D eigenvalue weighted by molar-refractivity contribution is 5.82. The van der Waals surface area contributed by atoms with Gasteiger partial charge in [0.25, 0.3) is 0 Å². The quantitative estimate of drug-likeness (QED) is 0.285. The molecule has 0 aromatic carbocycles. The summed E-state index contributed by atoms with van der Waals surface area (Å²) in [7, 11) is 3.27. The fourth-order valence-electron chi connectivity index (χ4n) is 5.77. The van der Waals surface area contributed by atoms with E-state index in [-0.39, 0.29) is 30.8 Å². The first-order chi connectivity index (χ1) is 20.1. The summed E-state index contributed by atoms with van der Waals surface area (Å²) in [4.78, 5) is 26.7. The van der Waals surface area contributed by atoms with E-state index in [9.17, 15) is 14.7 Å². The summed E-state index contributed by atoms with van der Waals surface area (Å²) in [5.41, 5.74) is 2.20. The molecular weight excluding hydrogens is 538 g/mol. The van der Waals surface area contributed by atoms with Gasteiger partial charge in [-0.1, -0.05) is 61.1 Å². The summed E-state index contributed by atoms with van der Waals surface area (Å²) < 4.78 is 29.6. The summed E-state index contributed by atoms with van der Waals surface area (Å²) in [5.74, 6) is -0.216. The molecule has 1 saturated heterocycles. The molecule has 232 valence electrons. The molecule has 4 aliphatic rings. The Labute approximate surface area is 249 Å². The first-order valence-electron chi connectivity index (χ1n) is 15.1. The number of carbonyl (C=O) groups is 2. The smallest absolute Gasteiger partial charge is 0.409 e. The standard InChI is InChI=1S/C33H47NO8/c1-21-14-15-38-25(17-21)12-13-27(35)28-20-30-32(41-30)29(42-33(37)34(4)5)19-23(3)16-22(2)18-26-10-6-8-24(39-26)9-7-11-31(36)40-28/h6-8,11-14,22,24-30,32,35H,3,9-10,15-20H2,1-2,4-5H3/t22-,24-,25+,26-,27-,28-,29-,30-,32-/m0/s1. The molecule has 1 N–H and O–H groups in total. The molecule has 4 heterocycles. The number of ether oxygens (including phenoxy) is 5. The molecule has 42 heavy (non-hydrogen) atoms.